The highest BCUT2D eigenvalue weighted by molar-refractivity contribution is 6.70. The number of aliphatic hydroxyl groups is 1. The Labute approximate surface area is 115 Å². The molecule has 8 nitrogen and oxygen atoms in total. The molecular formula is C12H16N6O2. The van der Waals surface area contributed by atoms with Gasteiger partial charge in [0, 0.05) is 13.1 Å². The second-order valence-electron chi connectivity index (χ2n) is 4.19. The van der Waals surface area contributed by atoms with Gasteiger partial charge in [-0.3, -0.25) is 5.41 Å². The summed E-state index contributed by atoms with van der Waals surface area (Å²) in [5, 5.41) is 22.5. The number of hydrogen-bond donors (Lipinski definition) is 4. The van der Waals surface area contributed by atoms with Gasteiger partial charge in [0.1, 0.15) is 17.2 Å². The van der Waals surface area contributed by atoms with E-state index in [1.54, 1.807) is 13.1 Å². The molecule has 1 aromatic carbocycles. The summed E-state index contributed by atoms with van der Waals surface area (Å²) in [7, 11) is 3.10. The highest BCUT2D eigenvalue weighted by Gasteiger charge is 2.25. The molecule has 106 valence electrons. The minimum absolute atomic E-state index is 0.0873. The number of hydrogen-bond acceptors (Lipinski definition) is 7. The fourth-order valence-electron chi connectivity index (χ4n) is 1.79. The molecular weight excluding hydrogens is 260 g/mol. The monoisotopic (exact) mass is 276 g/mol. The molecule has 0 bridgehead atoms. The van der Waals surface area contributed by atoms with E-state index in [0.29, 0.717) is 28.5 Å². The lowest BCUT2D eigenvalue weighted by Gasteiger charge is -2.09. The Bertz CT molecular complexity index is 623. The third-order valence-corrected chi connectivity index (χ3v) is 2.85. The number of methoxy groups -OCH3 is 1. The molecule has 0 unspecified atom stereocenters. The summed E-state index contributed by atoms with van der Waals surface area (Å²) in [6.45, 7) is -0.308. The molecule has 1 heterocycles. The van der Waals surface area contributed by atoms with Gasteiger partial charge in [0.15, 0.2) is 5.84 Å². The van der Waals surface area contributed by atoms with Gasteiger partial charge < -0.3 is 21.3 Å². The van der Waals surface area contributed by atoms with Crippen LogP contribution in [0.1, 0.15) is 0 Å². The van der Waals surface area contributed by atoms with Gasteiger partial charge in [0.05, 0.1) is 30.8 Å². The van der Waals surface area contributed by atoms with E-state index in [2.05, 4.69) is 10.1 Å². The summed E-state index contributed by atoms with van der Waals surface area (Å²) in [4.78, 5) is 4.29. The second kappa shape index (κ2) is 5.17. The van der Waals surface area contributed by atoms with Gasteiger partial charge in [0.2, 0.25) is 0 Å². The molecule has 0 spiro atoms. The molecule has 0 radical (unpaired) electrons. The lowest BCUT2D eigenvalue weighted by molar-refractivity contribution is 0.357. The van der Waals surface area contributed by atoms with E-state index in [-0.39, 0.29) is 18.2 Å². The van der Waals surface area contributed by atoms with Crippen molar-refractivity contribution in [2.45, 2.75) is 0 Å². The number of nitrogen functional groups attached to an aromatic ring is 2. The smallest absolute Gasteiger partial charge is 0.169 e. The first kappa shape index (κ1) is 13.8. The number of aliphatic hydroxyl groups excluding tert-OH is 1. The Kier molecular flexibility index (Phi) is 3.57. The Balaban J connectivity index is 2.50. The molecule has 1 aliphatic rings. The van der Waals surface area contributed by atoms with E-state index >= 15 is 0 Å². The molecule has 0 aliphatic carbocycles. The molecule has 2 rings (SSSR count). The molecule has 0 amide bonds. The molecule has 1 aromatic rings. The van der Waals surface area contributed by atoms with Crippen LogP contribution in [0.15, 0.2) is 22.2 Å². The first-order valence-corrected chi connectivity index (χ1v) is 5.81. The maximum absolute atomic E-state index is 9.25. The van der Waals surface area contributed by atoms with Crippen molar-refractivity contribution >= 4 is 34.3 Å². The van der Waals surface area contributed by atoms with E-state index < -0.39 is 0 Å². The number of nitrogens with two attached hydrogens (primary N) is 2. The maximum atomic E-state index is 9.25. The van der Waals surface area contributed by atoms with Crippen LogP contribution in [-0.2, 0) is 0 Å². The second-order valence-corrected chi connectivity index (χ2v) is 4.19. The van der Waals surface area contributed by atoms with Crippen molar-refractivity contribution in [2.75, 3.05) is 32.2 Å². The number of nitrogens with one attached hydrogen (secondary N) is 1. The van der Waals surface area contributed by atoms with Gasteiger partial charge >= 0.3 is 0 Å². The van der Waals surface area contributed by atoms with E-state index in [1.807, 2.05) is 0 Å². The van der Waals surface area contributed by atoms with E-state index in [0.717, 1.165) is 0 Å². The predicted molar refractivity (Wildman–Crippen MR) is 78.9 cm³/mol. The number of hydrazone groups is 1. The van der Waals surface area contributed by atoms with Crippen molar-refractivity contribution in [2.24, 2.45) is 10.1 Å². The summed E-state index contributed by atoms with van der Waals surface area (Å²) >= 11 is 0. The van der Waals surface area contributed by atoms with Crippen LogP contribution in [0.4, 0.5) is 17.1 Å². The Morgan fingerprint density at radius 2 is 2.10 bits per heavy atom. The van der Waals surface area contributed by atoms with Gasteiger partial charge in [-0.15, -0.1) is 0 Å². The fourth-order valence-corrected chi connectivity index (χ4v) is 1.79. The van der Waals surface area contributed by atoms with Crippen molar-refractivity contribution in [3.8, 4) is 5.75 Å². The van der Waals surface area contributed by atoms with E-state index in [1.165, 1.54) is 18.2 Å². The van der Waals surface area contributed by atoms with Gasteiger partial charge in [-0.1, -0.05) is 0 Å². The lowest BCUT2D eigenvalue weighted by Crippen LogP contribution is -2.25. The number of amidine groups is 1. The number of ether oxygens (including phenoxy) is 1. The van der Waals surface area contributed by atoms with Gasteiger partial charge in [-0.05, 0) is 6.07 Å². The lowest BCUT2D eigenvalue weighted by atomic mass is 10.2. The molecule has 8 heteroatoms. The highest BCUT2D eigenvalue weighted by atomic mass is 16.5. The first-order valence-electron chi connectivity index (χ1n) is 5.81. The molecule has 6 N–H and O–H groups in total. The van der Waals surface area contributed by atoms with Crippen LogP contribution in [0.5, 0.6) is 5.75 Å². The fraction of sp³-hybridized carbons (Fsp3) is 0.250. The quantitative estimate of drug-likeness (QED) is 0.585. The van der Waals surface area contributed by atoms with Crippen LogP contribution in [0.2, 0.25) is 0 Å². The average molecular weight is 276 g/mol. The molecule has 0 saturated carbocycles. The summed E-state index contributed by atoms with van der Waals surface area (Å²) < 4.78 is 5.11. The van der Waals surface area contributed by atoms with E-state index in [9.17, 15) is 5.11 Å². The van der Waals surface area contributed by atoms with Crippen LogP contribution in [0.3, 0.4) is 0 Å². The summed E-state index contributed by atoms with van der Waals surface area (Å²) in [5.41, 5.74) is 13.4. The normalized spacial score (nSPS) is 16.8. The van der Waals surface area contributed by atoms with Crippen LogP contribution < -0.4 is 16.2 Å². The van der Waals surface area contributed by atoms with Gasteiger partial charge in [-0.25, -0.2) is 10.0 Å². The summed E-state index contributed by atoms with van der Waals surface area (Å²) in [6.07, 6.45) is 0. The van der Waals surface area contributed by atoms with Crippen molar-refractivity contribution in [1.29, 1.82) is 5.41 Å². The maximum Gasteiger partial charge on any atom is 0.169 e. The zero-order valence-corrected chi connectivity index (χ0v) is 11.2. The number of benzene rings is 1. The number of rotatable bonds is 3. The highest BCUT2D eigenvalue weighted by Crippen LogP contribution is 2.33. The van der Waals surface area contributed by atoms with Crippen LogP contribution in [0.25, 0.3) is 0 Å². The largest absolute Gasteiger partial charge is 0.495 e. The number of anilines is 2. The predicted octanol–water partition coefficient (Wildman–Crippen LogP) is 0.203. The molecule has 0 atom stereocenters. The van der Waals surface area contributed by atoms with Crippen molar-refractivity contribution < 1.29 is 9.84 Å². The van der Waals surface area contributed by atoms with E-state index in [4.69, 9.17) is 21.6 Å². The third kappa shape index (κ3) is 2.28. The summed E-state index contributed by atoms with van der Waals surface area (Å²) in [6, 6.07) is 3.12. The zero-order chi connectivity index (χ0) is 14.9. The van der Waals surface area contributed by atoms with Crippen LogP contribution in [-0.4, -0.2) is 48.1 Å². The minimum Gasteiger partial charge on any atom is -0.495 e. The standard InChI is InChI=1S/C12H16N6O2/c1-18-12(15)11(9(5-19)17-18)16-8-4-10(20-2)7(14)3-6(8)13/h3-4,15,19H,5,13-14H2,1-2H3. The first-order chi connectivity index (χ1) is 9.47. The zero-order valence-electron chi connectivity index (χ0n) is 11.2. The van der Waals surface area contributed by atoms with Gasteiger partial charge in [0.25, 0.3) is 0 Å². The van der Waals surface area contributed by atoms with Crippen molar-refractivity contribution in [3.63, 3.8) is 0 Å². The van der Waals surface area contributed by atoms with Crippen LogP contribution >= 0.6 is 0 Å². The Morgan fingerprint density at radius 3 is 2.70 bits per heavy atom. The molecule has 0 aromatic heterocycles. The molecule has 20 heavy (non-hydrogen) atoms. The van der Waals surface area contributed by atoms with Crippen molar-refractivity contribution in [3.05, 3.63) is 12.1 Å². The number of aliphatic imine (C=N–C) groups is 1. The topological polar surface area (TPSA) is 133 Å². The number of nitrogens with zero attached hydrogens (tertiary/aromatic N) is 3. The average Bonchev–Trinajstić information content (AvgIpc) is 2.69. The molecule has 0 saturated heterocycles. The van der Waals surface area contributed by atoms with Gasteiger partial charge in [-0.2, -0.15) is 5.10 Å². The van der Waals surface area contributed by atoms with Crippen molar-refractivity contribution in [1.82, 2.24) is 5.01 Å². The minimum atomic E-state index is -0.308. The molecule has 1 aliphatic heterocycles. The molecule has 0 fully saturated rings. The third-order valence-electron chi connectivity index (χ3n) is 2.85. The Morgan fingerprint density at radius 1 is 1.40 bits per heavy atom. The Hall–Kier alpha value is -2.61. The summed E-state index contributed by atoms with van der Waals surface area (Å²) in [5.74, 6) is 0.531. The van der Waals surface area contributed by atoms with Crippen LogP contribution in [0, 0.1) is 5.41 Å². The SMILES string of the molecule is COc1cc(N=C2C(=N)N(C)N=C2CO)c(N)cc1N.